The van der Waals surface area contributed by atoms with Crippen molar-refractivity contribution < 1.29 is 126 Å². The number of hydrogen-bond acceptors (Lipinski definition) is 8. The fourth-order valence-corrected chi connectivity index (χ4v) is 3.03. The van der Waals surface area contributed by atoms with E-state index in [0.717, 1.165) is 13.8 Å². The maximum Gasteiger partial charge on any atom is 0.476 e. The summed E-state index contributed by atoms with van der Waals surface area (Å²) < 4.78 is 288. The van der Waals surface area contributed by atoms with Crippen molar-refractivity contribution in [2.24, 2.45) is 0 Å². The van der Waals surface area contributed by atoms with Gasteiger partial charge in [0.25, 0.3) is 0 Å². The number of carbonyl (C=O) groups excluding carboxylic acids is 2. The fourth-order valence-electron chi connectivity index (χ4n) is 2.76. The van der Waals surface area contributed by atoms with Crippen LogP contribution in [0.2, 0.25) is 0 Å². The number of alkyl halides is 22. The highest BCUT2D eigenvalue weighted by Crippen LogP contribution is 2.54. The predicted octanol–water partition coefficient (Wildman–Crippen LogP) is 9.32. The maximum absolute atomic E-state index is 14.6. The zero-order valence-corrected chi connectivity index (χ0v) is 25.7. The van der Waals surface area contributed by atoms with E-state index in [2.05, 4.69) is 51.6 Å². The Kier molecular flexibility index (Phi) is 13.2. The number of carbonyl (C=O) groups is 2. The molecule has 0 heterocycles. The highest BCUT2D eigenvalue weighted by atomic mass is 35.5. The van der Waals surface area contributed by atoms with Crippen LogP contribution in [-0.2, 0) is 18.9 Å². The molecule has 0 aliphatic carbocycles. The Morgan fingerprint density at radius 2 is 0.750 bits per heavy atom. The van der Waals surface area contributed by atoms with Gasteiger partial charge in [0.2, 0.25) is 0 Å². The molecule has 1 rings (SSSR count). The lowest BCUT2D eigenvalue weighted by Gasteiger charge is -2.34. The monoisotopic (exact) mass is 854 g/mol. The van der Waals surface area contributed by atoms with Crippen LogP contribution in [0.1, 0.15) is 34.6 Å². The summed E-state index contributed by atoms with van der Waals surface area (Å²) in [4.78, 5) is 24.7. The van der Waals surface area contributed by atoms with Crippen molar-refractivity contribution in [2.75, 3.05) is 13.2 Å². The molecule has 0 radical (unpaired) electrons. The standard InChI is InChI=1S/C22H12Cl2F20O8/c1-3-47-11(45)7-5-10(50-22(43,44)16(24,30)52-20(39,40)14(27,28)18(34,35)36)8(12(46)48-4-2)6-9(7)49-21(41,42)15(23,29)51-19(37,38)13(25,26)17(31,32)33/h5-6H,3-4H2,1-2H3. The largest absolute Gasteiger partial charge is 0.476 e. The Morgan fingerprint density at radius 3 is 0.962 bits per heavy atom. The van der Waals surface area contributed by atoms with E-state index in [1.54, 1.807) is 0 Å². The van der Waals surface area contributed by atoms with Gasteiger partial charge in [0, 0.05) is 0 Å². The molecule has 52 heavy (non-hydrogen) atoms. The number of ether oxygens (including phenoxy) is 6. The van der Waals surface area contributed by atoms with Crippen molar-refractivity contribution in [3.05, 3.63) is 23.3 Å². The van der Waals surface area contributed by atoms with Gasteiger partial charge in [0.1, 0.15) is 22.6 Å². The van der Waals surface area contributed by atoms with Gasteiger partial charge in [-0.3, -0.25) is 9.47 Å². The Morgan fingerprint density at radius 1 is 0.500 bits per heavy atom. The molecule has 2 unspecified atom stereocenters. The second-order valence-electron chi connectivity index (χ2n) is 8.94. The quantitative estimate of drug-likeness (QED) is 0.0925. The normalized spacial score (nSPS) is 16.5. The summed E-state index contributed by atoms with van der Waals surface area (Å²) in [5, 5.41) is -12.7. The van der Waals surface area contributed by atoms with E-state index in [1.165, 1.54) is 0 Å². The second kappa shape index (κ2) is 14.6. The smallest absolute Gasteiger partial charge is 0.462 e. The number of hydrogen-bond donors (Lipinski definition) is 0. The maximum atomic E-state index is 14.6. The Bertz CT molecular complexity index is 1350. The third-order valence-electron chi connectivity index (χ3n) is 5.18. The summed E-state index contributed by atoms with van der Waals surface area (Å²) in [7, 11) is 0. The van der Waals surface area contributed by atoms with Gasteiger partial charge < -0.3 is 18.9 Å². The third-order valence-corrected chi connectivity index (χ3v) is 5.78. The molecule has 0 aromatic heterocycles. The highest BCUT2D eigenvalue weighted by molar-refractivity contribution is 6.22. The molecule has 0 N–H and O–H groups in total. The highest BCUT2D eigenvalue weighted by Gasteiger charge is 2.80. The average Bonchev–Trinajstić information content (AvgIpc) is 2.90. The van der Waals surface area contributed by atoms with Crippen molar-refractivity contribution in [2.45, 2.75) is 73.1 Å². The summed E-state index contributed by atoms with van der Waals surface area (Å²) in [6.07, 6.45) is -42.4. The molecule has 0 aliphatic heterocycles. The lowest BCUT2D eigenvalue weighted by molar-refractivity contribution is -0.470. The van der Waals surface area contributed by atoms with Gasteiger partial charge in [-0.15, -0.1) is 0 Å². The van der Waals surface area contributed by atoms with Crippen LogP contribution >= 0.6 is 23.2 Å². The van der Waals surface area contributed by atoms with Crippen LogP contribution in [0.3, 0.4) is 0 Å². The molecule has 0 aliphatic rings. The van der Waals surface area contributed by atoms with Crippen LogP contribution in [-0.4, -0.2) is 84.4 Å². The van der Waals surface area contributed by atoms with Crippen molar-refractivity contribution in [3.8, 4) is 11.5 Å². The molecule has 0 fully saturated rings. The predicted molar refractivity (Wildman–Crippen MR) is 123 cm³/mol. The molecular formula is C22H12Cl2F20O8. The minimum absolute atomic E-state index is 0.611. The van der Waals surface area contributed by atoms with Gasteiger partial charge >= 0.3 is 71.2 Å². The molecule has 1 aromatic rings. The second-order valence-corrected chi connectivity index (χ2v) is 9.91. The van der Waals surface area contributed by atoms with E-state index >= 15 is 0 Å². The first-order valence-corrected chi connectivity index (χ1v) is 13.0. The van der Waals surface area contributed by atoms with E-state index in [9.17, 15) is 97.4 Å². The molecule has 2 atom stereocenters. The zero-order chi connectivity index (χ0) is 41.5. The summed E-state index contributed by atoms with van der Waals surface area (Å²) in [5.41, 5.74) is -4.04. The van der Waals surface area contributed by atoms with E-state index in [4.69, 9.17) is 0 Å². The zero-order valence-electron chi connectivity index (χ0n) is 24.2. The topological polar surface area (TPSA) is 89.5 Å². The summed E-state index contributed by atoms with van der Waals surface area (Å²) in [6, 6.07) is -1.22. The van der Waals surface area contributed by atoms with Crippen LogP contribution in [0.4, 0.5) is 87.8 Å². The van der Waals surface area contributed by atoms with Gasteiger partial charge in [0.15, 0.2) is 0 Å². The molecule has 0 spiro atoms. The van der Waals surface area contributed by atoms with Crippen molar-refractivity contribution in [3.63, 3.8) is 0 Å². The number of halogens is 22. The van der Waals surface area contributed by atoms with Gasteiger partial charge in [-0.2, -0.15) is 87.8 Å². The summed E-state index contributed by atoms with van der Waals surface area (Å²) in [5.74, 6) is -24.0. The molecular weight excluding hydrogens is 843 g/mol. The third kappa shape index (κ3) is 9.31. The molecule has 0 bridgehead atoms. The minimum Gasteiger partial charge on any atom is -0.462 e. The molecule has 8 nitrogen and oxygen atoms in total. The van der Waals surface area contributed by atoms with Crippen LogP contribution in [0, 0.1) is 0 Å². The van der Waals surface area contributed by atoms with E-state index < -0.39 is 119 Å². The van der Waals surface area contributed by atoms with Crippen molar-refractivity contribution in [1.82, 2.24) is 0 Å². The SMILES string of the molecule is CCOC(=O)c1cc(OC(F)(F)C(F)(Cl)OC(F)(F)C(F)(F)C(F)(F)F)c(C(=O)OCC)cc1OC(F)(F)C(F)(Cl)OC(F)(F)C(F)(F)C(F)(F)F. The van der Waals surface area contributed by atoms with Crippen LogP contribution < -0.4 is 9.47 Å². The first-order chi connectivity index (χ1) is 22.8. The molecule has 0 saturated carbocycles. The van der Waals surface area contributed by atoms with Crippen LogP contribution in [0.15, 0.2) is 12.1 Å². The lowest BCUT2D eigenvalue weighted by Crippen LogP contribution is -2.59. The molecule has 30 heteroatoms. The van der Waals surface area contributed by atoms with Gasteiger partial charge in [-0.05, 0) is 49.2 Å². The van der Waals surface area contributed by atoms with Crippen molar-refractivity contribution >= 4 is 35.1 Å². The Balaban J connectivity index is 3.93. The molecule has 0 amide bonds. The molecule has 1 aromatic carbocycles. The Hall–Kier alpha value is -3.14. The van der Waals surface area contributed by atoms with Gasteiger partial charge in [0.05, 0.1) is 13.2 Å². The first-order valence-electron chi connectivity index (χ1n) is 12.3. The summed E-state index contributed by atoms with van der Waals surface area (Å²) in [6.45, 7) is -0.0763. The number of esters is 2. The van der Waals surface area contributed by atoms with E-state index in [1.807, 2.05) is 0 Å². The van der Waals surface area contributed by atoms with Crippen LogP contribution in [0.25, 0.3) is 0 Å². The van der Waals surface area contributed by atoms with Gasteiger partial charge in [-0.25, -0.2) is 9.59 Å². The van der Waals surface area contributed by atoms with Gasteiger partial charge in [-0.1, -0.05) is 0 Å². The number of rotatable bonds is 16. The van der Waals surface area contributed by atoms with Crippen LogP contribution in [0.5, 0.6) is 11.5 Å². The fraction of sp³-hybridized carbons (Fsp3) is 0.636. The first kappa shape index (κ1) is 46.9. The van der Waals surface area contributed by atoms with E-state index in [0.29, 0.717) is 0 Å². The minimum atomic E-state index is -7.48. The Labute approximate surface area is 282 Å². The van der Waals surface area contributed by atoms with Crippen molar-refractivity contribution in [1.29, 1.82) is 0 Å². The van der Waals surface area contributed by atoms with E-state index in [-0.39, 0.29) is 0 Å². The summed E-state index contributed by atoms with van der Waals surface area (Å²) >= 11 is 8.63. The number of benzene rings is 1. The molecule has 302 valence electrons. The average molecular weight is 855 g/mol. The lowest BCUT2D eigenvalue weighted by atomic mass is 10.1. The molecule has 0 saturated heterocycles.